The molecule has 0 aliphatic heterocycles. The molecule has 0 bridgehead atoms. The number of carbonyl (C=O) groups is 1. The molecule has 1 amide bonds. The molecule has 2 aromatic carbocycles. The molecule has 0 radical (unpaired) electrons. The van der Waals surface area contributed by atoms with E-state index in [0.717, 1.165) is 11.1 Å². The van der Waals surface area contributed by atoms with Crippen molar-refractivity contribution in [1.29, 1.82) is 0 Å². The molecular formula is C19H21NO3. The maximum absolute atomic E-state index is 11.9. The first kappa shape index (κ1) is 15.6. The van der Waals surface area contributed by atoms with Gasteiger partial charge in [0.1, 0.15) is 6.61 Å². The van der Waals surface area contributed by atoms with Gasteiger partial charge in [-0.1, -0.05) is 62.4 Å². The van der Waals surface area contributed by atoms with Gasteiger partial charge in [-0.05, 0) is 28.2 Å². The standard InChI is InChI=1S/C19H21NO3/c1-13(2)11-20(22)19(21)23-12-18-16-9-5-3-7-14(16)15-8-4-6-10-17(15)18/h3-10,13,18,22H,11-12H2,1-2H3. The molecule has 0 spiro atoms. The number of benzene rings is 2. The SMILES string of the molecule is CC(C)CN(O)C(=O)OCC1c2ccccc2-c2ccccc21. The number of fused-ring (bicyclic) bond motifs is 3. The van der Waals surface area contributed by atoms with Gasteiger partial charge in [0.05, 0.1) is 6.54 Å². The third kappa shape index (κ3) is 3.08. The van der Waals surface area contributed by atoms with Crippen molar-refractivity contribution in [3.05, 3.63) is 59.7 Å². The monoisotopic (exact) mass is 311 g/mol. The van der Waals surface area contributed by atoms with Crippen molar-refractivity contribution in [3.8, 4) is 11.1 Å². The normalized spacial score (nSPS) is 12.9. The van der Waals surface area contributed by atoms with Crippen molar-refractivity contribution in [2.75, 3.05) is 13.2 Å². The van der Waals surface area contributed by atoms with E-state index < -0.39 is 6.09 Å². The van der Waals surface area contributed by atoms with E-state index in [0.29, 0.717) is 5.06 Å². The number of nitrogens with zero attached hydrogens (tertiary/aromatic N) is 1. The average Bonchev–Trinajstić information content (AvgIpc) is 2.86. The molecule has 1 aliphatic rings. The van der Waals surface area contributed by atoms with Crippen LogP contribution in [0.1, 0.15) is 30.9 Å². The van der Waals surface area contributed by atoms with Crippen LogP contribution in [0.2, 0.25) is 0 Å². The fourth-order valence-corrected chi connectivity index (χ4v) is 3.09. The Hall–Kier alpha value is -2.33. The predicted octanol–water partition coefficient (Wildman–Crippen LogP) is 4.28. The maximum Gasteiger partial charge on any atom is 0.433 e. The molecule has 3 rings (SSSR count). The molecule has 0 fully saturated rings. The number of hydrogen-bond donors (Lipinski definition) is 1. The second kappa shape index (κ2) is 6.42. The highest BCUT2D eigenvalue weighted by molar-refractivity contribution is 5.79. The number of hydrogen-bond acceptors (Lipinski definition) is 3. The van der Waals surface area contributed by atoms with Crippen LogP contribution in [0.3, 0.4) is 0 Å². The molecule has 2 aromatic rings. The average molecular weight is 311 g/mol. The zero-order chi connectivity index (χ0) is 16.4. The van der Waals surface area contributed by atoms with Gasteiger partial charge < -0.3 is 4.74 Å². The molecule has 0 aromatic heterocycles. The lowest BCUT2D eigenvalue weighted by Crippen LogP contribution is -2.32. The van der Waals surface area contributed by atoms with Gasteiger partial charge in [0.25, 0.3) is 0 Å². The highest BCUT2D eigenvalue weighted by Crippen LogP contribution is 2.44. The van der Waals surface area contributed by atoms with Gasteiger partial charge in [0.15, 0.2) is 0 Å². The minimum atomic E-state index is -0.694. The Balaban J connectivity index is 1.77. The van der Waals surface area contributed by atoms with Crippen molar-refractivity contribution in [1.82, 2.24) is 5.06 Å². The van der Waals surface area contributed by atoms with E-state index in [4.69, 9.17) is 4.74 Å². The first-order valence-corrected chi connectivity index (χ1v) is 7.89. The highest BCUT2D eigenvalue weighted by Gasteiger charge is 2.29. The first-order chi connectivity index (χ1) is 11.1. The highest BCUT2D eigenvalue weighted by atomic mass is 16.6. The Morgan fingerprint density at radius 1 is 1.09 bits per heavy atom. The summed E-state index contributed by atoms with van der Waals surface area (Å²) < 4.78 is 5.34. The third-order valence-electron chi connectivity index (χ3n) is 4.08. The van der Waals surface area contributed by atoms with Gasteiger partial charge in [0.2, 0.25) is 0 Å². The van der Waals surface area contributed by atoms with Gasteiger partial charge in [-0.3, -0.25) is 5.21 Å². The first-order valence-electron chi connectivity index (χ1n) is 7.89. The topological polar surface area (TPSA) is 49.8 Å². The Morgan fingerprint density at radius 3 is 2.13 bits per heavy atom. The summed E-state index contributed by atoms with van der Waals surface area (Å²) in [7, 11) is 0. The van der Waals surface area contributed by atoms with Crippen LogP contribution in [0.4, 0.5) is 4.79 Å². The van der Waals surface area contributed by atoms with Crippen molar-refractivity contribution in [2.24, 2.45) is 5.92 Å². The van der Waals surface area contributed by atoms with Gasteiger partial charge in [-0.25, -0.2) is 4.79 Å². The molecule has 0 atom stereocenters. The molecule has 0 unspecified atom stereocenters. The maximum atomic E-state index is 11.9. The minimum absolute atomic E-state index is 0.0128. The summed E-state index contributed by atoms with van der Waals surface area (Å²) in [6.07, 6.45) is -0.694. The van der Waals surface area contributed by atoms with E-state index in [-0.39, 0.29) is 25.0 Å². The molecular weight excluding hydrogens is 290 g/mol. The molecule has 0 saturated heterocycles. The molecule has 4 heteroatoms. The van der Waals surface area contributed by atoms with E-state index in [1.54, 1.807) is 0 Å². The molecule has 120 valence electrons. The quantitative estimate of drug-likeness (QED) is 0.677. The lowest BCUT2D eigenvalue weighted by atomic mass is 9.98. The number of rotatable bonds is 4. The van der Waals surface area contributed by atoms with Crippen molar-refractivity contribution >= 4 is 6.09 Å². The Labute approximate surface area is 136 Å². The smallest absolute Gasteiger partial charge is 0.433 e. The molecule has 0 heterocycles. The van der Waals surface area contributed by atoms with Gasteiger partial charge in [-0.15, -0.1) is 0 Å². The Morgan fingerprint density at radius 2 is 1.61 bits per heavy atom. The van der Waals surface area contributed by atoms with Crippen LogP contribution in [0.15, 0.2) is 48.5 Å². The summed E-state index contributed by atoms with van der Waals surface area (Å²) >= 11 is 0. The summed E-state index contributed by atoms with van der Waals surface area (Å²) in [5.74, 6) is 0.194. The third-order valence-corrected chi connectivity index (χ3v) is 4.08. The second-order valence-electron chi connectivity index (χ2n) is 6.28. The van der Waals surface area contributed by atoms with E-state index >= 15 is 0 Å². The van der Waals surface area contributed by atoms with Crippen LogP contribution in [0, 0.1) is 5.92 Å². The summed E-state index contributed by atoms with van der Waals surface area (Å²) in [6.45, 7) is 4.35. The van der Waals surface area contributed by atoms with Crippen molar-refractivity contribution in [2.45, 2.75) is 19.8 Å². The second-order valence-corrected chi connectivity index (χ2v) is 6.28. The fourth-order valence-electron chi connectivity index (χ4n) is 3.09. The van der Waals surface area contributed by atoms with Crippen LogP contribution in [-0.2, 0) is 4.74 Å². The van der Waals surface area contributed by atoms with Crippen molar-refractivity contribution in [3.63, 3.8) is 0 Å². The lowest BCUT2D eigenvalue weighted by molar-refractivity contribution is -0.0810. The summed E-state index contributed by atoms with van der Waals surface area (Å²) in [5, 5.41) is 10.4. The van der Waals surface area contributed by atoms with Crippen LogP contribution in [0.25, 0.3) is 11.1 Å². The van der Waals surface area contributed by atoms with E-state index in [2.05, 4.69) is 24.3 Å². The lowest BCUT2D eigenvalue weighted by Gasteiger charge is -2.19. The predicted molar refractivity (Wildman–Crippen MR) is 88.4 cm³/mol. The summed E-state index contributed by atoms with van der Waals surface area (Å²) in [5.41, 5.74) is 4.70. The number of carbonyl (C=O) groups excluding carboxylic acids is 1. The largest absolute Gasteiger partial charge is 0.447 e. The van der Waals surface area contributed by atoms with Crippen molar-refractivity contribution < 1.29 is 14.7 Å². The zero-order valence-corrected chi connectivity index (χ0v) is 13.4. The number of ether oxygens (including phenoxy) is 1. The van der Waals surface area contributed by atoms with Gasteiger partial charge >= 0.3 is 6.09 Å². The number of amides is 1. The Kier molecular flexibility index (Phi) is 4.35. The van der Waals surface area contributed by atoms with Crippen LogP contribution < -0.4 is 0 Å². The molecule has 23 heavy (non-hydrogen) atoms. The molecule has 4 nitrogen and oxygen atoms in total. The van der Waals surface area contributed by atoms with E-state index in [1.807, 2.05) is 38.1 Å². The number of hydroxylamine groups is 2. The summed E-state index contributed by atoms with van der Waals surface area (Å²) in [4.78, 5) is 11.9. The van der Waals surface area contributed by atoms with Crippen LogP contribution in [-0.4, -0.2) is 29.5 Å². The van der Waals surface area contributed by atoms with Gasteiger partial charge in [-0.2, -0.15) is 5.06 Å². The fraction of sp³-hybridized carbons (Fsp3) is 0.316. The Bertz CT molecular complexity index is 666. The van der Waals surface area contributed by atoms with Crippen LogP contribution >= 0.6 is 0 Å². The van der Waals surface area contributed by atoms with Gasteiger partial charge in [0, 0.05) is 5.92 Å². The zero-order valence-electron chi connectivity index (χ0n) is 13.4. The summed E-state index contributed by atoms with van der Waals surface area (Å²) in [6, 6.07) is 16.3. The molecule has 1 aliphatic carbocycles. The molecule has 0 saturated carbocycles. The minimum Gasteiger partial charge on any atom is -0.447 e. The molecule has 1 N–H and O–H groups in total. The van der Waals surface area contributed by atoms with E-state index in [1.165, 1.54) is 11.1 Å². The van der Waals surface area contributed by atoms with Crippen LogP contribution in [0.5, 0.6) is 0 Å². The van der Waals surface area contributed by atoms with E-state index in [9.17, 15) is 10.0 Å².